The van der Waals surface area contributed by atoms with Gasteiger partial charge in [-0.2, -0.15) is 0 Å². The molecule has 1 unspecified atom stereocenters. The first-order valence-corrected chi connectivity index (χ1v) is 9.45. The van der Waals surface area contributed by atoms with Crippen LogP contribution in [0.25, 0.3) is 0 Å². The van der Waals surface area contributed by atoms with Crippen LogP contribution in [-0.4, -0.2) is 47.6 Å². The Kier molecular flexibility index (Phi) is 5.97. The van der Waals surface area contributed by atoms with Crippen molar-refractivity contribution in [3.8, 4) is 5.75 Å². The molecule has 1 amide bonds. The van der Waals surface area contributed by atoms with Crippen LogP contribution in [0, 0.1) is 0 Å². The minimum atomic E-state index is -0.540. The van der Waals surface area contributed by atoms with Crippen LogP contribution in [0.15, 0.2) is 53.8 Å². The number of aliphatic imine (C=N–C) groups is 1. The molecule has 0 saturated carbocycles. The summed E-state index contributed by atoms with van der Waals surface area (Å²) in [5, 5.41) is 0. The highest BCUT2D eigenvalue weighted by atomic mass is 16.6. The van der Waals surface area contributed by atoms with Crippen LogP contribution < -0.4 is 4.74 Å². The van der Waals surface area contributed by atoms with E-state index in [2.05, 4.69) is 16.0 Å². The number of nitrogens with zero attached hydrogens (tertiary/aromatic N) is 3. The average Bonchev–Trinajstić information content (AvgIpc) is 3.14. The van der Waals surface area contributed by atoms with E-state index in [9.17, 15) is 4.79 Å². The second kappa shape index (κ2) is 8.42. The number of carbonyl (C=O) groups is 1. The summed E-state index contributed by atoms with van der Waals surface area (Å²) in [5.74, 6) is 1.58. The number of amidine groups is 1. The van der Waals surface area contributed by atoms with Gasteiger partial charge in [-0.3, -0.25) is 14.9 Å². The maximum Gasteiger partial charge on any atom is 0.415 e. The molecule has 0 spiro atoms. The van der Waals surface area contributed by atoms with Crippen molar-refractivity contribution in [1.29, 1.82) is 0 Å². The third-order valence-corrected chi connectivity index (χ3v) is 4.53. The van der Waals surface area contributed by atoms with E-state index in [0.29, 0.717) is 19.5 Å². The molecule has 2 heterocycles. The zero-order valence-electron chi connectivity index (χ0n) is 16.9. The molecule has 0 N–H and O–H groups in total. The molecule has 1 aliphatic heterocycles. The van der Waals surface area contributed by atoms with Crippen molar-refractivity contribution in [2.45, 2.75) is 38.7 Å². The van der Waals surface area contributed by atoms with Gasteiger partial charge in [0.05, 0.1) is 20.2 Å². The summed E-state index contributed by atoms with van der Waals surface area (Å²) in [7, 11) is 1.66. The number of rotatable bonds is 5. The number of amides is 1. The molecule has 1 aliphatic rings. The fourth-order valence-corrected chi connectivity index (χ4v) is 3.25. The summed E-state index contributed by atoms with van der Waals surface area (Å²) in [6.07, 6.45) is 3.81. The lowest BCUT2D eigenvalue weighted by atomic mass is 9.88. The molecule has 0 bridgehead atoms. The summed E-state index contributed by atoms with van der Waals surface area (Å²) in [4.78, 5) is 23.0. The van der Waals surface area contributed by atoms with E-state index >= 15 is 0 Å². The number of hydrogen-bond donors (Lipinski definition) is 0. The molecule has 0 saturated heterocycles. The smallest absolute Gasteiger partial charge is 0.415 e. The Bertz CT molecular complexity index is 844. The SMILES string of the molecule is COc1cccc(C(CC2=NCCN2C(=O)OC(C)(C)C)c2ccncc2)c1. The van der Waals surface area contributed by atoms with Crippen LogP contribution in [0.3, 0.4) is 0 Å². The highest BCUT2D eigenvalue weighted by molar-refractivity contribution is 5.97. The fourth-order valence-electron chi connectivity index (χ4n) is 3.25. The Balaban J connectivity index is 1.88. The molecule has 1 atom stereocenters. The standard InChI is InChI=1S/C22H27N3O3/c1-22(2,3)28-21(26)25-13-12-24-20(25)15-19(16-8-10-23-11-9-16)17-6-5-7-18(14-17)27-4/h5-11,14,19H,12-13,15H2,1-4H3. The molecule has 1 aromatic heterocycles. The average molecular weight is 381 g/mol. The third kappa shape index (κ3) is 4.88. The first-order valence-electron chi connectivity index (χ1n) is 9.45. The molecular weight excluding hydrogens is 354 g/mol. The topological polar surface area (TPSA) is 64.0 Å². The van der Waals surface area contributed by atoms with Crippen molar-refractivity contribution >= 4 is 11.9 Å². The van der Waals surface area contributed by atoms with Crippen molar-refractivity contribution in [2.24, 2.45) is 4.99 Å². The van der Waals surface area contributed by atoms with Crippen LogP contribution in [-0.2, 0) is 4.74 Å². The molecule has 6 heteroatoms. The lowest BCUT2D eigenvalue weighted by Crippen LogP contribution is -2.39. The summed E-state index contributed by atoms with van der Waals surface area (Å²) in [5.41, 5.74) is 1.67. The molecule has 0 aliphatic carbocycles. The Hall–Kier alpha value is -2.89. The summed E-state index contributed by atoms with van der Waals surface area (Å²) >= 11 is 0. The zero-order chi connectivity index (χ0) is 20.1. The van der Waals surface area contributed by atoms with Gasteiger partial charge in [-0.05, 0) is 56.2 Å². The van der Waals surface area contributed by atoms with Crippen molar-refractivity contribution in [3.63, 3.8) is 0 Å². The van der Waals surface area contributed by atoms with Gasteiger partial charge < -0.3 is 9.47 Å². The highest BCUT2D eigenvalue weighted by Gasteiger charge is 2.30. The molecule has 2 aromatic rings. The van der Waals surface area contributed by atoms with E-state index in [0.717, 1.165) is 22.7 Å². The number of methoxy groups -OCH3 is 1. The van der Waals surface area contributed by atoms with Gasteiger partial charge in [0.25, 0.3) is 0 Å². The Morgan fingerprint density at radius 3 is 2.61 bits per heavy atom. The van der Waals surface area contributed by atoms with Crippen LogP contribution in [0.1, 0.15) is 44.2 Å². The predicted octanol–water partition coefficient (Wildman–Crippen LogP) is 4.26. The second-order valence-electron chi connectivity index (χ2n) is 7.74. The molecule has 0 fully saturated rings. The van der Waals surface area contributed by atoms with Crippen molar-refractivity contribution in [2.75, 3.05) is 20.2 Å². The molecule has 148 valence electrons. The van der Waals surface area contributed by atoms with Crippen LogP contribution in [0.2, 0.25) is 0 Å². The van der Waals surface area contributed by atoms with Gasteiger partial charge in [-0.1, -0.05) is 12.1 Å². The van der Waals surface area contributed by atoms with E-state index in [4.69, 9.17) is 9.47 Å². The van der Waals surface area contributed by atoms with E-state index in [-0.39, 0.29) is 12.0 Å². The van der Waals surface area contributed by atoms with Crippen LogP contribution in [0.5, 0.6) is 5.75 Å². The van der Waals surface area contributed by atoms with E-state index in [1.807, 2.05) is 51.1 Å². The van der Waals surface area contributed by atoms with Gasteiger partial charge in [0.1, 0.15) is 17.2 Å². The summed E-state index contributed by atoms with van der Waals surface area (Å²) in [6, 6.07) is 12.0. The Morgan fingerprint density at radius 2 is 1.93 bits per heavy atom. The molecular formula is C22H27N3O3. The maximum absolute atomic E-state index is 12.6. The monoisotopic (exact) mass is 381 g/mol. The number of benzene rings is 1. The van der Waals surface area contributed by atoms with Gasteiger partial charge in [0.15, 0.2) is 0 Å². The number of pyridine rings is 1. The first kappa shape index (κ1) is 19.9. The first-order chi connectivity index (χ1) is 13.4. The number of hydrogen-bond acceptors (Lipinski definition) is 5. The van der Waals surface area contributed by atoms with Gasteiger partial charge in [0, 0.05) is 24.7 Å². The predicted molar refractivity (Wildman–Crippen MR) is 109 cm³/mol. The molecule has 3 rings (SSSR count). The Labute approximate surface area is 166 Å². The van der Waals surface area contributed by atoms with Crippen molar-refractivity contribution in [3.05, 3.63) is 59.9 Å². The minimum Gasteiger partial charge on any atom is -0.497 e. The lowest BCUT2D eigenvalue weighted by Gasteiger charge is -2.27. The van der Waals surface area contributed by atoms with Crippen LogP contribution >= 0.6 is 0 Å². The van der Waals surface area contributed by atoms with Crippen molar-refractivity contribution in [1.82, 2.24) is 9.88 Å². The Morgan fingerprint density at radius 1 is 1.18 bits per heavy atom. The number of carbonyl (C=O) groups excluding carboxylic acids is 1. The zero-order valence-corrected chi connectivity index (χ0v) is 16.9. The number of aromatic nitrogens is 1. The maximum atomic E-state index is 12.6. The largest absolute Gasteiger partial charge is 0.497 e. The molecule has 1 aromatic carbocycles. The molecule has 0 radical (unpaired) electrons. The quantitative estimate of drug-likeness (QED) is 0.776. The summed E-state index contributed by atoms with van der Waals surface area (Å²) in [6.45, 7) is 6.75. The number of ether oxygens (including phenoxy) is 2. The van der Waals surface area contributed by atoms with Gasteiger partial charge in [-0.15, -0.1) is 0 Å². The van der Waals surface area contributed by atoms with Gasteiger partial charge in [-0.25, -0.2) is 4.79 Å². The second-order valence-corrected chi connectivity index (χ2v) is 7.74. The molecule has 28 heavy (non-hydrogen) atoms. The summed E-state index contributed by atoms with van der Waals surface area (Å²) < 4.78 is 11.0. The van der Waals surface area contributed by atoms with E-state index in [1.165, 1.54) is 0 Å². The van der Waals surface area contributed by atoms with E-state index in [1.54, 1.807) is 24.4 Å². The fraction of sp³-hybridized carbons (Fsp3) is 0.409. The van der Waals surface area contributed by atoms with Crippen molar-refractivity contribution < 1.29 is 14.3 Å². The van der Waals surface area contributed by atoms with Gasteiger partial charge in [0.2, 0.25) is 0 Å². The minimum absolute atomic E-state index is 0.0277. The molecule has 6 nitrogen and oxygen atoms in total. The normalized spacial score (nSPS) is 15.1. The highest BCUT2D eigenvalue weighted by Crippen LogP contribution is 2.32. The van der Waals surface area contributed by atoms with E-state index < -0.39 is 5.60 Å². The third-order valence-electron chi connectivity index (χ3n) is 4.53. The lowest BCUT2D eigenvalue weighted by molar-refractivity contribution is 0.0381. The van der Waals surface area contributed by atoms with Crippen LogP contribution in [0.4, 0.5) is 4.79 Å². The van der Waals surface area contributed by atoms with Gasteiger partial charge >= 0.3 is 6.09 Å².